The molecular formula is C34H47N3O7. The number of amides is 3. The first-order valence-corrected chi connectivity index (χ1v) is 15.8. The number of likely N-dealkylation sites (tertiary alicyclic amines) is 1. The molecule has 3 aliphatic rings. The van der Waals surface area contributed by atoms with Crippen LogP contribution in [0.15, 0.2) is 55.6 Å². The van der Waals surface area contributed by atoms with Gasteiger partial charge in [0.25, 0.3) is 0 Å². The number of carbonyl (C=O) groups is 4. The molecule has 10 nitrogen and oxygen atoms in total. The third kappa shape index (κ3) is 6.47. The Hall–Kier alpha value is -3.50. The van der Waals surface area contributed by atoms with Gasteiger partial charge in [0.05, 0.1) is 24.0 Å². The number of allylic oxidation sites excluding steroid dienone is 1. The van der Waals surface area contributed by atoms with Crippen LogP contribution < -0.4 is 5.32 Å². The molecule has 3 saturated heterocycles. The quantitative estimate of drug-likeness (QED) is 0.167. The maximum atomic E-state index is 14.2. The van der Waals surface area contributed by atoms with Crippen molar-refractivity contribution >= 4 is 23.7 Å². The number of aliphatic hydroxyl groups is 1. The fourth-order valence-corrected chi connectivity index (χ4v) is 7.13. The Balaban J connectivity index is 1.65. The number of unbranched alkanes of at least 4 members (excludes halogenated alkanes) is 1. The Kier molecular flexibility index (Phi) is 11.0. The molecule has 0 radical (unpaired) electrons. The number of nitrogens with one attached hydrogen (secondary N) is 1. The molecule has 4 rings (SSSR count). The number of carbonyl (C=O) groups excluding carboxylic acids is 4. The monoisotopic (exact) mass is 609 g/mol. The van der Waals surface area contributed by atoms with Crippen LogP contribution in [-0.4, -0.2) is 88.1 Å². The fraction of sp³-hybridized carbons (Fsp3) is 0.588. The van der Waals surface area contributed by atoms with Crippen LogP contribution >= 0.6 is 0 Å². The van der Waals surface area contributed by atoms with E-state index in [0.29, 0.717) is 44.2 Å². The van der Waals surface area contributed by atoms with Gasteiger partial charge in [-0.3, -0.25) is 19.2 Å². The van der Waals surface area contributed by atoms with Gasteiger partial charge in [0.1, 0.15) is 17.7 Å². The van der Waals surface area contributed by atoms with Crippen molar-refractivity contribution in [3.8, 4) is 0 Å². The van der Waals surface area contributed by atoms with Crippen LogP contribution in [0.5, 0.6) is 0 Å². The number of aliphatic hydroxyl groups excluding tert-OH is 1. The molecule has 2 N–H and O–H groups in total. The maximum absolute atomic E-state index is 14.2. The minimum absolute atomic E-state index is 0.0273. The summed E-state index contributed by atoms with van der Waals surface area (Å²) in [4.78, 5) is 58.3. The van der Waals surface area contributed by atoms with Crippen molar-refractivity contribution in [2.75, 3.05) is 19.7 Å². The van der Waals surface area contributed by atoms with Crippen molar-refractivity contribution in [3.05, 3.63) is 61.2 Å². The van der Waals surface area contributed by atoms with Gasteiger partial charge in [-0.2, -0.15) is 0 Å². The van der Waals surface area contributed by atoms with Gasteiger partial charge in [-0.1, -0.05) is 42.5 Å². The van der Waals surface area contributed by atoms with Gasteiger partial charge in [-0.05, 0) is 58.4 Å². The average Bonchev–Trinajstić information content (AvgIpc) is 3.65. The van der Waals surface area contributed by atoms with Crippen molar-refractivity contribution in [1.29, 1.82) is 0 Å². The number of hydrogen-bond acceptors (Lipinski definition) is 7. The molecule has 3 amide bonds. The first-order chi connectivity index (χ1) is 21.1. The normalized spacial score (nSPS) is 26.7. The Morgan fingerprint density at radius 1 is 1.18 bits per heavy atom. The Morgan fingerprint density at radius 2 is 1.91 bits per heavy atom. The van der Waals surface area contributed by atoms with Crippen LogP contribution in [0.2, 0.25) is 0 Å². The standard InChI is InChI=1S/C34H47N3O7/c1-6-8-16-26(39)35-23(5)29(24-14-10-9-11-15-24)43-33(42)27-25-17-18-34(44-25)28(27)31(40)37(20-12-13-21-38)30(34)32(41)36(19-7-2)22(3)4/h6-7,9-11,14-15,22-23,25,27-30,38H,1-2,8,12-13,16-21H2,3-5H3,(H,35,39)/t23-,25-,27+,28+,29-,30-,34+/m0/s1. The number of rotatable bonds is 16. The van der Waals surface area contributed by atoms with E-state index in [1.54, 1.807) is 28.9 Å². The van der Waals surface area contributed by atoms with Gasteiger partial charge in [0.2, 0.25) is 17.7 Å². The van der Waals surface area contributed by atoms with Crippen molar-refractivity contribution < 1.29 is 33.8 Å². The number of hydrogen-bond donors (Lipinski definition) is 2. The summed E-state index contributed by atoms with van der Waals surface area (Å²) < 4.78 is 12.7. The highest BCUT2D eigenvalue weighted by Crippen LogP contribution is 2.59. The largest absolute Gasteiger partial charge is 0.455 e. The van der Waals surface area contributed by atoms with Crippen molar-refractivity contribution in [2.45, 2.75) is 95.2 Å². The Labute approximate surface area is 260 Å². The van der Waals surface area contributed by atoms with E-state index in [1.807, 2.05) is 44.2 Å². The van der Waals surface area contributed by atoms with Gasteiger partial charge in [0, 0.05) is 32.2 Å². The van der Waals surface area contributed by atoms with Gasteiger partial charge >= 0.3 is 5.97 Å². The minimum atomic E-state index is -1.15. The maximum Gasteiger partial charge on any atom is 0.313 e. The van der Waals surface area contributed by atoms with Crippen LogP contribution in [0.25, 0.3) is 0 Å². The summed E-state index contributed by atoms with van der Waals surface area (Å²) >= 11 is 0. The lowest BCUT2D eigenvalue weighted by Gasteiger charge is -2.38. The minimum Gasteiger partial charge on any atom is -0.455 e. The third-order valence-corrected chi connectivity index (χ3v) is 9.14. The Morgan fingerprint density at radius 3 is 2.55 bits per heavy atom. The molecule has 0 saturated carbocycles. The first kappa shape index (κ1) is 33.4. The molecule has 0 aromatic heterocycles. The summed E-state index contributed by atoms with van der Waals surface area (Å²) in [6, 6.07) is 7.62. The topological polar surface area (TPSA) is 125 Å². The molecule has 10 heteroatoms. The molecule has 240 valence electrons. The van der Waals surface area contributed by atoms with Crippen LogP contribution in [-0.2, 0) is 28.7 Å². The van der Waals surface area contributed by atoms with E-state index in [9.17, 15) is 24.3 Å². The molecule has 7 atom stereocenters. The zero-order valence-corrected chi connectivity index (χ0v) is 26.2. The second-order valence-corrected chi connectivity index (χ2v) is 12.3. The SMILES string of the molecule is C=CCCC(=O)N[C@@H](C)[C@H](OC(=O)[C@@H]1[C@@H]2CC[C@]3(O2)[C@H](C(=O)N(CC=C)C(C)C)N(CCCCO)C(=O)[C@@H]13)c1ccccc1. The van der Waals surface area contributed by atoms with E-state index >= 15 is 0 Å². The lowest BCUT2D eigenvalue weighted by atomic mass is 9.70. The highest BCUT2D eigenvalue weighted by atomic mass is 16.6. The van der Waals surface area contributed by atoms with Crippen molar-refractivity contribution in [3.63, 3.8) is 0 Å². The average molecular weight is 610 g/mol. The van der Waals surface area contributed by atoms with E-state index in [4.69, 9.17) is 9.47 Å². The van der Waals surface area contributed by atoms with Gasteiger partial charge in [-0.25, -0.2) is 0 Å². The number of benzene rings is 1. The van der Waals surface area contributed by atoms with E-state index in [-0.39, 0.29) is 43.3 Å². The summed E-state index contributed by atoms with van der Waals surface area (Å²) in [7, 11) is 0. The van der Waals surface area contributed by atoms with E-state index in [0.717, 1.165) is 0 Å². The lowest BCUT2D eigenvalue weighted by molar-refractivity contribution is -0.162. The fourth-order valence-electron chi connectivity index (χ4n) is 7.13. The highest BCUT2D eigenvalue weighted by molar-refractivity contribution is 5.98. The number of fused-ring (bicyclic) bond motifs is 1. The van der Waals surface area contributed by atoms with Gasteiger partial charge < -0.3 is 29.7 Å². The lowest BCUT2D eigenvalue weighted by Crippen LogP contribution is -2.57. The predicted molar refractivity (Wildman–Crippen MR) is 165 cm³/mol. The van der Waals surface area contributed by atoms with Crippen molar-refractivity contribution in [2.24, 2.45) is 11.8 Å². The molecule has 1 spiro atoms. The van der Waals surface area contributed by atoms with Gasteiger partial charge in [-0.15, -0.1) is 13.2 Å². The number of nitrogens with zero attached hydrogens (tertiary/aromatic N) is 2. The van der Waals surface area contributed by atoms with Gasteiger partial charge in [0.15, 0.2) is 0 Å². The highest BCUT2D eigenvalue weighted by Gasteiger charge is 2.75. The number of ether oxygens (including phenoxy) is 2. The number of esters is 1. The summed E-state index contributed by atoms with van der Waals surface area (Å²) in [5, 5.41) is 12.3. The molecule has 3 heterocycles. The summed E-state index contributed by atoms with van der Waals surface area (Å²) in [6.07, 6.45) is 4.74. The van der Waals surface area contributed by atoms with Crippen molar-refractivity contribution in [1.82, 2.24) is 15.1 Å². The molecular weight excluding hydrogens is 562 g/mol. The van der Waals surface area contributed by atoms with E-state index in [2.05, 4.69) is 18.5 Å². The first-order valence-electron chi connectivity index (χ1n) is 15.8. The molecule has 1 aromatic rings. The summed E-state index contributed by atoms with van der Waals surface area (Å²) in [6.45, 7) is 13.6. The van der Waals surface area contributed by atoms with Crippen LogP contribution in [0.3, 0.4) is 0 Å². The summed E-state index contributed by atoms with van der Waals surface area (Å²) in [5.41, 5.74) is -0.437. The molecule has 0 unspecified atom stereocenters. The van der Waals surface area contributed by atoms with Crippen LogP contribution in [0.4, 0.5) is 0 Å². The molecule has 3 aliphatic heterocycles. The predicted octanol–water partition coefficient (Wildman–Crippen LogP) is 3.31. The molecule has 1 aromatic carbocycles. The summed E-state index contributed by atoms with van der Waals surface area (Å²) in [5.74, 6) is -3.05. The zero-order chi connectivity index (χ0) is 32.0. The molecule has 0 aliphatic carbocycles. The van der Waals surface area contributed by atoms with E-state index < -0.39 is 47.7 Å². The van der Waals surface area contributed by atoms with Crippen LogP contribution in [0.1, 0.15) is 71.0 Å². The molecule has 44 heavy (non-hydrogen) atoms. The second kappa shape index (κ2) is 14.5. The third-order valence-electron chi connectivity index (χ3n) is 9.14. The van der Waals surface area contributed by atoms with Crippen LogP contribution in [0, 0.1) is 11.8 Å². The zero-order valence-electron chi connectivity index (χ0n) is 26.2. The molecule has 2 bridgehead atoms. The van der Waals surface area contributed by atoms with E-state index in [1.165, 1.54) is 0 Å². The smallest absolute Gasteiger partial charge is 0.313 e. The second-order valence-electron chi connectivity index (χ2n) is 12.3. The Bertz CT molecular complexity index is 1220. The molecule has 3 fully saturated rings.